The van der Waals surface area contributed by atoms with Crippen LogP contribution in [0, 0.1) is 0 Å². The average molecular weight is 308 g/mol. The molecule has 0 aliphatic heterocycles. The number of nitrogens with one attached hydrogen (secondary N) is 1. The molecule has 104 valence electrons. The van der Waals surface area contributed by atoms with Crippen molar-refractivity contribution in [1.82, 2.24) is 0 Å². The summed E-state index contributed by atoms with van der Waals surface area (Å²) in [7, 11) is 0. The number of anilines is 1. The summed E-state index contributed by atoms with van der Waals surface area (Å²) in [4.78, 5) is 12.4. The van der Waals surface area contributed by atoms with Crippen molar-refractivity contribution in [2.24, 2.45) is 0 Å². The molecule has 1 atom stereocenters. The van der Waals surface area contributed by atoms with Gasteiger partial charge in [0.1, 0.15) is 0 Å². The summed E-state index contributed by atoms with van der Waals surface area (Å²) in [5.41, 5.74) is 1.58. The minimum atomic E-state index is -0.192. The van der Waals surface area contributed by atoms with Crippen molar-refractivity contribution < 1.29 is 4.79 Å². The zero-order chi connectivity index (χ0) is 14.5. The molecule has 0 saturated heterocycles. The van der Waals surface area contributed by atoms with E-state index in [1.807, 2.05) is 37.3 Å². The molecule has 0 bridgehead atoms. The highest BCUT2D eigenvalue weighted by molar-refractivity contribution is 6.36. The molecule has 0 heterocycles. The molecule has 2 aromatic rings. The predicted octanol–water partition coefficient (Wildman–Crippen LogP) is 5.13. The van der Waals surface area contributed by atoms with Crippen molar-refractivity contribution in [2.45, 2.75) is 19.3 Å². The van der Waals surface area contributed by atoms with E-state index in [0.29, 0.717) is 15.7 Å². The first-order chi connectivity index (χ1) is 9.61. The maximum absolute atomic E-state index is 12.4. The second-order valence-corrected chi connectivity index (χ2v) is 5.33. The van der Waals surface area contributed by atoms with Gasteiger partial charge in [-0.05, 0) is 30.2 Å². The predicted molar refractivity (Wildman–Crippen MR) is 84.6 cm³/mol. The molecule has 1 N–H and O–H groups in total. The topological polar surface area (TPSA) is 29.1 Å². The number of halogens is 2. The summed E-state index contributed by atoms with van der Waals surface area (Å²) >= 11 is 11.9. The molecular weight excluding hydrogens is 293 g/mol. The van der Waals surface area contributed by atoms with Gasteiger partial charge >= 0.3 is 0 Å². The third-order valence-electron chi connectivity index (χ3n) is 3.12. The third-order valence-corrected chi connectivity index (χ3v) is 3.66. The molecule has 2 aromatic carbocycles. The highest BCUT2D eigenvalue weighted by atomic mass is 35.5. The van der Waals surface area contributed by atoms with Crippen LogP contribution < -0.4 is 5.32 Å². The Labute approximate surface area is 128 Å². The monoisotopic (exact) mass is 307 g/mol. The SMILES string of the molecule is CC[C@H](C(=O)Nc1ccc(Cl)cc1Cl)c1ccccc1. The number of hydrogen-bond donors (Lipinski definition) is 1. The highest BCUT2D eigenvalue weighted by Crippen LogP contribution is 2.27. The van der Waals surface area contributed by atoms with Crippen molar-refractivity contribution in [3.63, 3.8) is 0 Å². The Morgan fingerprint density at radius 1 is 1.15 bits per heavy atom. The molecule has 0 aliphatic carbocycles. The Kier molecular flexibility index (Phi) is 5.05. The van der Waals surface area contributed by atoms with E-state index in [1.54, 1.807) is 18.2 Å². The largest absolute Gasteiger partial charge is 0.324 e. The molecule has 0 aliphatic rings. The van der Waals surface area contributed by atoms with Gasteiger partial charge in [0.15, 0.2) is 0 Å². The summed E-state index contributed by atoms with van der Waals surface area (Å²) in [6.45, 7) is 1.99. The fourth-order valence-corrected chi connectivity index (χ4v) is 2.52. The lowest BCUT2D eigenvalue weighted by Crippen LogP contribution is -2.20. The van der Waals surface area contributed by atoms with Gasteiger partial charge in [0, 0.05) is 5.02 Å². The Hall–Kier alpha value is -1.51. The van der Waals surface area contributed by atoms with Crippen LogP contribution in [0.3, 0.4) is 0 Å². The van der Waals surface area contributed by atoms with Crippen LogP contribution in [0.4, 0.5) is 5.69 Å². The van der Waals surface area contributed by atoms with E-state index >= 15 is 0 Å². The van der Waals surface area contributed by atoms with Crippen molar-refractivity contribution in [1.29, 1.82) is 0 Å². The van der Waals surface area contributed by atoms with E-state index in [9.17, 15) is 4.79 Å². The Morgan fingerprint density at radius 2 is 1.85 bits per heavy atom. The van der Waals surface area contributed by atoms with Gasteiger partial charge in [-0.15, -0.1) is 0 Å². The normalized spacial score (nSPS) is 11.9. The molecule has 0 fully saturated rings. The van der Waals surface area contributed by atoms with Crippen LogP contribution in [-0.4, -0.2) is 5.91 Å². The second-order valence-electron chi connectivity index (χ2n) is 4.48. The lowest BCUT2D eigenvalue weighted by molar-refractivity contribution is -0.117. The van der Waals surface area contributed by atoms with Crippen LogP contribution in [0.5, 0.6) is 0 Å². The quantitative estimate of drug-likeness (QED) is 0.834. The van der Waals surface area contributed by atoms with Crippen LogP contribution in [0.15, 0.2) is 48.5 Å². The van der Waals surface area contributed by atoms with E-state index in [-0.39, 0.29) is 11.8 Å². The van der Waals surface area contributed by atoms with Gasteiger partial charge < -0.3 is 5.32 Å². The van der Waals surface area contributed by atoms with Gasteiger partial charge in [-0.2, -0.15) is 0 Å². The number of hydrogen-bond acceptors (Lipinski definition) is 1. The molecule has 2 rings (SSSR count). The minimum Gasteiger partial charge on any atom is -0.324 e. The summed E-state index contributed by atoms with van der Waals surface area (Å²) < 4.78 is 0. The number of benzene rings is 2. The average Bonchev–Trinajstić information content (AvgIpc) is 2.44. The molecule has 0 radical (unpaired) electrons. The lowest BCUT2D eigenvalue weighted by Gasteiger charge is -2.16. The molecule has 4 heteroatoms. The molecular formula is C16H15Cl2NO. The first-order valence-corrected chi connectivity index (χ1v) is 7.18. The molecule has 0 saturated carbocycles. The van der Waals surface area contributed by atoms with Gasteiger partial charge in [0.05, 0.1) is 16.6 Å². The molecule has 0 aromatic heterocycles. The van der Waals surface area contributed by atoms with Crippen LogP contribution in [0.25, 0.3) is 0 Å². The van der Waals surface area contributed by atoms with Gasteiger partial charge in [0.25, 0.3) is 0 Å². The molecule has 2 nitrogen and oxygen atoms in total. The van der Waals surface area contributed by atoms with E-state index in [4.69, 9.17) is 23.2 Å². The van der Waals surface area contributed by atoms with E-state index in [2.05, 4.69) is 5.32 Å². The standard InChI is InChI=1S/C16H15Cl2NO/c1-2-13(11-6-4-3-5-7-11)16(20)19-15-9-8-12(17)10-14(15)18/h3-10,13H,2H2,1H3,(H,19,20)/t13-/m0/s1. The molecule has 0 spiro atoms. The van der Waals surface area contributed by atoms with Gasteiger partial charge in [-0.25, -0.2) is 0 Å². The third kappa shape index (κ3) is 3.53. The Morgan fingerprint density at radius 3 is 2.45 bits per heavy atom. The second kappa shape index (κ2) is 6.78. The van der Waals surface area contributed by atoms with Gasteiger partial charge in [0.2, 0.25) is 5.91 Å². The zero-order valence-corrected chi connectivity index (χ0v) is 12.6. The molecule has 20 heavy (non-hydrogen) atoms. The smallest absolute Gasteiger partial charge is 0.231 e. The highest BCUT2D eigenvalue weighted by Gasteiger charge is 2.19. The van der Waals surface area contributed by atoms with Crippen molar-refractivity contribution in [2.75, 3.05) is 5.32 Å². The van der Waals surface area contributed by atoms with E-state index < -0.39 is 0 Å². The van der Waals surface area contributed by atoms with Crippen LogP contribution >= 0.6 is 23.2 Å². The summed E-state index contributed by atoms with van der Waals surface area (Å²) in [6.07, 6.45) is 0.723. The number of carbonyl (C=O) groups excluding carboxylic acids is 1. The Bertz CT molecular complexity index is 599. The zero-order valence-electron chi connectivity index (χ0n) is 11.1. The van der Waals surface area contributed by atoms with Crippen molar-refractivity contribution in [3.05, 3.63) is 64.1 Å². The maximum Gasteiger partial charge on any atom is 0.231 e. The van der Waals surface area contributed by atoms with Gasteiger partial charge in [-0.1, -0.05) is 60.5 Å². The first kappa shape index (κ1) is 14.9. The van der Waals surface area contributed by atoms with E-state index in [0.717, 1.165) is 12.0 Å². The van der Waals surface area contributed by atoms with Gasteiger partial charge in [-0.3, -0.25) is 4.79 Å². The fraction of sp³-hybridized carbons (Fsp3) is 0.188. The van der Waals surface area contributed by atoms with Crippen molar-refractivity contribution >= 4 is 34.8 Å². The number of rotatable bonds is 4. The lowest BCUT2D eigenvalue weighted by atomic mass is 9.95. The molecule has 1 amide bonds. The Balaban J connectivity index is 2.18. The summed E-state index contributed by atoms with van der Waals surface area (Å²) in [5.74, 6) is -0.258. The van der Waals surface area contributed by atoms with Crippen LogP contribution in [-0.2, 0) is 4.79 Å². The summed E-state index contributed by atoms with van der Waals surface area (Å²) in [5, 5.41) is 3.84. The van der Waals surface area contributed by atoms with E-state index in [1.165, 1.54) is 0 Å². The number of carbonyl (C=O) groups is 1. The number of amides is 1. The summed E-state index contributed by atoms with van der Waals surface area (Å²) in [6, 6.07) is 14.7. The fourth-order valence-electron chi connectivity index (χ4n) is 2.07. The first-order valence-electron chi connectivity index (χ1n) is 6.42. The van der Waals surface area contributed by atoms with Crippen molar-refractivity contribution in [3.8, 4) is 0 Å². The minimum absolute atomic E-state index is 0.0667. The van der Waals surface area contributed by atoms with Crippen LogP contribution in [0.2, 0.25) is 10.0 Å². The molecule has 0 unspecified atom stereocenters. The maximum atomic E-state index is 12.4. The van der Waals surface area contributed by atoms with Crippen LogP contribution in [0.1, 0.15) is 24.8 Å².